The second-order valence-corrected chi connectivity index (χ2v) is 13.3. The van der Waals surface area contributed by atoms with Crippen LogP contribution in [0.3, 0.4) is 0 Å². The summed E-state index contributed by atoms with van der Waals surface area (Å²) in [6, 6.07) is 12.5. The molecule has 2 N–H and O–H groups in total. The van der Waals surface area contributed by atoms with Gasteiger partial charge >= 0.3 is 18.1 Å². The van der Waals surface area contributed by atoms with Crippen molar-refractivity contribution in [1.82, 2.24) is 9.80 Å². The van der Waals surface area contributed by atoms with Crippen LogP contribution in [0.1, 0.15) is 82.0 Å². The minimum atomic E-state index is -5.06. The first-order chi connectivity index (χ1) is 22.2. The molecule has 2 aromatic rings. The molecule has 3 saturated heterocycles. The molecular weight excluding hydrogens is 619 g/mol. The number of nitrogens with zero attached hydrogens (tertiary/aromatic N) is 2. The Hall–Kier alpha value is -3.52. The first kappa shape index (κ1) is 34.8. The number of amides is 2. The third-order valence-corrected chi connectivity index (χ3v) is 8.58. The van der Waals surface area contributed by atoms with Gasteiger partial charge < -0.3 is 29.5 Å². The largest absolute Gasteiger partial charge is 0.471 e. The number of carbonyl (C=O) groups excluding carboxylic acids is 3. The molecule has 10 nitrogen and oxygen atoms in total. The average molecular weight is 662 g/mol. The van der Waals surface area contributed by atoms with Gasteiger partial charge in [0.05, 0.1) is 18.8 Å². The fourth-order valence-corrected chi connectivity index (χ4v) is 6.41. The second kappa shape index (κ2) is 14.3. The van der Waals surface area contributed by atoms with Gasteiger partial charge in [0.1, 0.15) is 17.7 Å². The van der Waals surface area contributed by atoms with E-state index in [0.717, 1.165) is 17.5 Å². The molecule has 0 saturated carbocycles. The zero-order valence-electron chi connectivity index (χ0n) is 26.8. The van der Waals surface area contributed by atoms with Crippen molar-refractivity contribution in [3.63, 3.8) is 0 Å². The zero-order chi connectivity index (χ0) is 33.9. The van der Waals surface area contributed by atoms with Crippen LogP contribution in [0.25, 0.3) is 0 Å². The number of anilines is 1. The molecule has 5 unspecified atom stereocenters. The number of aliphatic hydroxyl groups excluding tert-OH is 1. The summed E-state index contributed by atoms with van der Waals surface area (Å²) in [6.07, 6.45) is -4.24. The lowest BCUT2D eigenvalue weighted by Crippen LogP contribution is -2.48. The number of benzene rings is 2. The van der Waals surface area contributed by atoms with Gasteiger partial charge in [-0.1, -0.05) is 36.4 Å². The first-order valence-corrected chi connectivity index (χ1v) is 16.0. The maximum absolute atomic E-state index is 13.1. The van der Waals surface area contributed by atoms with Crippen LogP contribution in [0.5, 0.6) is 0 Å². The maximum atomic E-state index is 13.1. The van der Waals surface area contributed by atoms with E-state index < -0.39 is 42.0 Å². The number of esters is 1. The van der Waals surface area contributed by atoms with Crippen LogP contribution in [0.2, 0.25) is 0 Å². The van der Waals surface area contributed by atoms with Gasteiger partial charge in [0.2, 0.25) is 5.91 Å². The second-order valence-electron chi connectivity index (χ2n) is 13.3. The summed E-state index contributed by atoms with van der Waals surface area (Å²) >= 11 is 0. The average Bonchev–Trinajstić information content (AvgIpc) is 3.70. The number of halogens is 3. The van der Waals surface area contributed by atoms with Crippen LogP contribution in [-0.4, -0.2) is 82.3 Å². The summed E-state index contributed by atoms with van der Waals surface area (Å²) in [5.41, 5.74) is 1.92. The van der Waals surface area contributed by atoms with Crippen LogP contribution in [0, 0.1) is 0 Å². The fraction of sp³-hybridized carbons (Fsp3) is 0.559. The lowest BCUT2D eigenvalue weighted by atomic mass is 9.99. The van der Waals surface area contributed by atoms with Crippen LogP contribution >= 0.6 is 0 Å². The molecule has 13 heteroatoms. The van der Waals surface area contributed by atoms with E-state index >= 15 is 0 Å². The van der Waals surface area contributed by atoms with Crippen LogP contribution in [-0.2, 0) is 35.2 Å². The quantitative estimate of drug-likeness (QED) is 0.379. The monoisotopic (exact) mass is 661 g/mol. The van der Waals surface area contributed by atoms with E-state index in [-0.39, 0.29) is 44.1 Å². The molecule has 3 aliphatic heterocycles. The number of ether oxygens (including phenoxy) is 3. The molecule has 5 rings (SSSR count). The van der Waals surface area contributed by atoms with E-state index in [1.807, 2.05) is 45.0 Å². The molecule has 0 aromatic heterocycles. The Morgan fingerprint density at radius 3 is 2.34 bits per heavy atom. The molecule has 5 atom stereocenters. The van der Waals surface area contributed by atoms with Crippen molar-refractivity contribution in [3.05, 3.63) is 65.2 Å². The third kappa shape index (κ3) is 8.69. The summed E-state index contributed by atoms with van der Waals surface area (Å²) in [5.74, 6) is -3.00. The highest BCUT2D eigenvalue weighted by Crippen LogP contribution is 2.39. The number of nitrogens with one attached hydrogen (secondary N) is 1. The Morgan fingerprint density at radius 1 is 0.957 bits per heavy atom. The lowest BCUT2D eigenvalue weighted by Gasteiger charge is -2.38. The van der Waals surface area contributed by atoms with Gasteiger partial charge in [0.25, 0.3) is 0 Å². The van der Waals surface area contributed by atoms with Gasteiger partial charge in [-0.3, -0.25) is 19.3 Å². The molecule has 2 amide bonds. The molecule has 256 valence electrons. The van der Waals surface area contributed by atoms with Crippen molar-refractivity contribution < 1.29 is 46.9 Å². The Morgan fingerprint density at radius 2 is 1.66 bits per heavy atom. The molecule has 3 heterocycles. The molecule has 3 aliphatic rings. The summed E-state index contributed by atoms with van der Waals surface area (Å²) in [5, 5.41) is 12.2. The van der Waals surface area contributed by atoms with Gasteiger partial charge in [0.15, 0.2) is 6.29 Å². The number of carbonyl (C=O) groups is 3. The van der Waals surface area contributed by atoms with Gasteiger partial charge in [0, 0.05) is 30.8 Å². The zero-order valence-corrected chi connectivity index (χ0v) is 26.8. The van der Waals surface area contributed by atoms with E-state index in [9.17, 15) is 32.7 Å². The van der Waals surface area contributed by atoms with E-state index in [1.54, 1.807) is 24.3 Å². The highest BCUT2D eigenvalue weighted by atomic mass is 19.4. The molecular formula is C34H42F3N3O7. The van der Waals surface area contributed by atoms with Crippen LogP contribution < -0.4 is 5.32 Å². The Kier molecular flexibility index (Phi) is 10.6. The Bertz CT molecular complexity index is 1430. The van der Waals surface area contributed by atoms with E-state index in [0.29, 0.717) is 42.1 Å². The van der Waals surface area contributed by atoms with Crippen LogP contribution in [0.4, 0.5) is 18.9 Å². The molecule has 0 spiro atoms. The lowest BCUT2D eigenvalue weighted by molar-refractivity contribution is -0.253. The predicted octanol–water partition coefficient (Wildman–Crippen LogP) is 5.02. The SMILES string of the molecule is CC(C)(C)OC(=O)C1CCCN1CC1CC(c2ccc(CO)cc2)OC(c2cccc(NC(=O)C3CCCN3C(=O)C(F)(F)F)c2)O1. The third-order valence-electron chi connectivity index (χ3n) is 8.58. The summed E-state index contributed by atoms with van der Waals surface area (Å²) in [7, 11) is 0. The smallest absolute Gasteiger partial charge is 0.459 e. The molecule has 3 fully saturated rings. The predicted molar refractivity (Wildman–Crippen MR) is 165 cm³/mol. The molecule has 2 aromatic carbocycles. The molecule has 0 aliphatic carbocycles. The fourth-order valence-electron chi connectivity index (χ4n) is 6.41. The standard InChI is InChI=1S/C34H42F3N3O7/c1-33(2,3)47-30(43)27-10-5-15-39(27)19-25-18-28(22-13-11-21(20-41)12-14-22)46-31(45-25)23-7-4-8-24(17-23)38-29(42)26-9-6-16-40(26)32(44)34(35,36)37/h4,7-8,11-14,17,25-28,31,41H,5-6,9-10,15-16,18-20H2,1-3H3,(H,38,42). The number of rotatable bonds is 8. The number of likely N-dealkylation sites (tertiary alicyclic amines) is 2. The maximum Gasteiger partial charge on any atom is 0.471 e. The van der Waals surface area contributed by atoms with Crippen LogP contribution in [0.15, 0.2) is 48.5 Å². The number of hydrogen-bond acceptors (Lipinski definition) is 8. The summed E-state index contributed by atoms with van der Waals surface area (Å²) < 4.78 is 57.9. The highest BCUT2D eigenvalue weighted by Gasteiger charge is 2.48. The van der Waals surface area contributed by atoms with Crippen molar-refractivity contribution in [1.29, 1.82) is 0 Å². The Labute approximate surface area is 272 Å². The van der Waals surface area contributed by atoms with E-state index in [1.165, 1.54) is 0 Å². The number of alkyl halides is 3. The van der Waals surface area contributed by atoms with Gasteiger partial charge in [-0.15, -0.1) is 0 Å². The minimum absolute atomic E-state index is 0.0946. The Balaban J connectivity index is 1.34. The van der Waals surface area contributed by atoms with E-state index in [2.05, 4.69) is 10.2 Å². The molecule has 0 bridgehead atoms. The van der Waals surface area contributed by atoms with Gasteiger partial charge in [-0.25, -0.2) is 0 Å². The topological polar surface area (TPSA) is 118 Å². The normalized spacial score (nSPS) is 25.5. The van der Waals surface area contributed by atoms with Crippen molar-refractivity contribution >= 4 is 23.5 Å². The molecule has 47 heavy (non-hydrogen) atoms. The van der Waals surface area contributed by atoms with Crippen molar-refractivity contribution in [3.8, 4) is 0 Å². The number of hydrogen-bond donors (Lipinski definition) is 2. The highest BCUT2D eigenvalue weighted by molar-refractivity contribution is 5.98. The van der Waals surface area contributed by atoms with Crippen molar-refractivity contribution in [2.24, 2.45) is 0 Å². The van der Waals surface area contributed by atoms with E-state index in [4.69, 9.17) is 14.2 Å². The van der Waals surface area contributed by atoms with Gasteiger partial charge in [-0.2, -0.15) is 13.2 Å². The minimum Gasteiger partial charge on any atom is -0.459 e. The van der Waals surface area contributed by atoms with Crippen molar-refractivity contribution in [2.75, 3.05) is 25.0 Å². The summed E-state index contributed by atoms with van der Waals surface area (Å²) in [4.78, 5) is 40.6. The number of aliphatic hydroxyl groups is 1. The van der Waals surface area contributed by atoms with Gasteiger partial charge in [-0.05, 0) is 76.3 Å². The summed E-state index contributed by atoms with van der Waals surface area (Å²) in [6.45, 7) is 6.44. The molecule has 0 radical (unpaired) electrons. The van der Waals surface area contributed by atoms with Crippen molar-refractivity contribution in [2.45, 2.75) is 102 Å². The first-order valence-electron chi connectivity index (χ1n) is 16.0.